The van der Waals surface area contributed by atoms with Gasteiger partial charge < -0.3 is 0 Å². The molecule has 0 unspecified atom stereocenters. The number of hydrogen-bond acceptors (Lipinski definition) is 2. The van der Waals surface area contributed by atoms with E-state index >= 15 is 0 Å². The third kappa shape index (κ3) is 4.22. The van der Waals surface area contributed by atoms with E-state index in [0.717, 1.165) is 0 Å². The second-order valence-electron chi connectivity index (χ2n) is 6.66. The van der Waals surface area contributed by atoms with E-state index in [-0.39, 0.29) is 0 Å². The van der Waals surface area contributed by atoms with Crippen LogP contribution in [-0.4, -0.2) is 76.1 Å². The van der Waals surface area contributed by atoms with E-state index in [1.54, 1.807) is 0 Å². The van der Waals surface area contributed by atoms with E-state index in [1.165, 1.54) is 0 Å². The molecule has 0 aliphatic heterocycles. The van der Waals surface area contributed by atoms with E-state index < -0.39 is 73.3 Å². The van der Waals surface area contributed by atoms with Crippen molar-refractivity contribution in [3.8, 4) is 0 Å². The molecule has 230 valence electrons. The van der Waals surface area contributed by atoms with Crippen LogP contribution in [0.4, 0.5) is 92.2 Å². The van der Waals surface area contributed by atoms with Crippen LogP contribution in [0, 0.1) is 0 Å². The van der Waals surface area contributed by atoms with Crippen LogP contribution in [0.25, 0.3) is 0 Å². The van der Waals surface area contributed by atoms with Crippen molar-refractivity contribution in [3.63, 3.8) is 0 Å². The van der Waals surface area contributed by atoms with Crippen molar-refractivity contribution >= 4 is 33.3 Å². The molecule has 38 heavy (non-hydrogen) atoms. The van der Waals surface area contributed by atoms with Gasteiger partial charge in [-0.05, 0) is 0 Å². The Kier molecular flexibility index (Phi) is 8.53. The molecule has 0 saturated carbocycles. The van der Waals surface area contributed by atoms with Gasteiger partial charge in [0.2, 0.25) is 0 Å². The first-order valence-electron chi connectivity index (χ1n) is 7.57. The van der Waals surface area contributed by atoms with E-state index in [4.69, 9.17) is 4.55 Å². The molecule has 0 aromatic rings. The summed E-state index contributed by atoms with van der Waals surface area (Å²) in [5, 5.41) is -7.28. The van der Waals surface area contributed by atoms with Crippen molar-refractivity contribution < 1.29 is 105 Å². The molecule has 0 heterocycles. The largest absolute Gasteiger partial charge is 0.460 e. The number of alkyl halides is 23. The smallest absolute Gasteiger partial charge is 0.281 e. The summed E-state index contributed by atoms with van der Waals surface area (Å²) in [4.78, 5) is 0. The van der Waals surface area contributed by atoms with Gasteiger partial charge in [0.25, 0.3) is 4.33 Å². The Balaban J connectivity index is 7.34. The first-order chi connectivity index (χ1) is 15.8. The van der Waals surface area contributed by atoms with Gasteiger partial charge in [-0.2, -0.15) is 101 Å². The quantitative estimate of drug-likeness (QED) is 0.150. The Labute approximate surface area is 202 Å². The zero-order valence-electron chi connectivity index (χ0n) is 15.9. The lowest BCUT2D eigenvalue weighted by molar-refractivity contribution is -0.469. The van der Waals surface area contributed by atoms with Gasteiger partial charge in [0.05, 0.1) is 0 Å². The number of halogens is 23. The predicted octanol–water partition coefficient (Wildman–Crippen LogP) is 7.29. The minimum absolute atomic E-state index is 3.82. The van der Waals surface area contributed by atoms with Crippen LogP contribution in [0.1, 0.15) is 0 Å². The fraction of sp³-hybridized carbons (Fsp3) is 1.00. The summed E-state index contributed by atoms with van der Waals surface area (Å²) in [7, 11) is -7.69. The van der Waals surface area contributed by atoms with Gasteiger partial charge in [-0.25, -0.2) is 0 Å². The lowest BCUT2D eigenvalue weighted by Gasteiger charge is -2.45. The Morgan fingerprint density at radius 2 is 0.579 bits per heavy atom. The molecule has 27 heteroatoms. The molecule has 0 saturated heterocycles. The number of rotatable bonds is 10. The zero-order chi connectivity index (χ0) is 32.0. The second kappa shape index (κ2) is 8.76. The van der Waals surface area contributed by atoms with Crippen LogP contribution in [0.5, 0.6) is 0 Å². The molecular weight excluding hydrogens is 682 g/mol. The molecule has 0 aliphatic carbocycles. The highest BCUT2D eigenvalue weighted by Gasteiger charge is 2.98. The van der Waals surface area contributed by atoms with E-state index in [9.17, 15) is 101 Å². The van der Waals surface area contributed by atoms with Gasteiger partial charge >= 0.3 is 68.9 Å². The zero-order valence-corrected chi connectivity index (χ0v) is 18.2. The van der Waals surface area contributed by atoms with Gasteiger partial charge in [0.1, 0.15) is 0 Å². The average Bonchev–Trinajstić information content (AvgIpc) is 2.64. The second-order valence-corrected chi connectivity index (χ2v) is 9.45. The Morgan fingerprint density at radius 3 is 0.763 bits per heavy atom. The van der Waals surface area contributed by atoms with Crippen molar-refractivity contribution in [1.29, 1.82) is 0 Å². The Bertz CT molecular complexity index is 1010. The van der Waals surface area contributed by atoms with Crippen LogP contribution in [0.2, 0.25) is 0 Å². The molecular formula is C11HCl2F21O3S. The molecule has 0 bridgehead atoms. The van der Waals surface area contributed by atoms with Crippen LogP contribution in [-0.2, 0) is 10.1 Å². The van der Waals surface area contributed by atoms with Crippen molar-refractivity contribution in [2.24, 2.45) is 0 Å². The summed E-state index contributed by atoms with van der Waals surface area (Å²) < 4.78 is 298. The van der Waals surface area contributed by atoms with E-state index in [1.807, 2.05) is 0 Å². The van der Waals surface area contributed by atoms with Crippen molar-refractivity contribution in [2.75, 3.05) is 0 Å². The summed E-state index contributed by atoms with van der Waals surface area (Å²) in [6.45, 7) is 0. The van der Waals surface area contributed by atoms with Crippen LogP contribution in [0.3, 0.4) is 0 Å². The molecule has 0 aromatic carbocycles. The Hall–Kier alpha value is -0.980. The lowest BCUT2D eigenvalue weighted by atomic mass is 9.86. The maximum absolute atomic E-state index is 13.8. The molecule has 0 fully saturated rings. The van der Waals surface area contributed by atoms with Gasteiger partial charge in [-0.15, -0.1) is 0 Å². The molecule has 0 atom stereocenters. The highest BCUT2D eigenvalue weighted by Crippen LogP contribution is 2.67. The molecule has 0 rings (SSSR count). The standard InChI is InChI=1S/C11HCl2F21O3S/c12-1(13,11(33,34)38(35,36)37)2(14,15)3(16,17)4(18,19)5(20,21)6(22,23)7(24,25)8(26,27)9(28,29)10(30,31)32/h(H,35,36,37). The highest BCUT2D eigenvalue weighted by atomic mass is 35.5. The third-order valence-electron chi connectivity index (χ3n) is 4.20. The molecule has 0 aliphatic rings. The van der Waals surface area contributed by atoms with Gasteiger partial charge in [-0.1, -0.05) is 23.2 Å². The van der Waals surface area contributed by atoms with Crippen molar-refractivity contribution in [1.82, 2.24) is 0 Å². The summed E-state index contributed by atoms with van der Waals surface area (Å²) in [5.41, 5.74) is 0. The fourth-order valence-electron chi connectivity index (χ4n) is 1.90. The summed E-state index contributed by atoms with van der Waals surface area (Å²) in [6, 6.07) is 0. The number of hydrogen-bond donors (Lipinski definition) is 1. The summed E-state index contributed by atoms with van der Waals surface area (Å²) >= 11 is 7.64. The van der Waals surface area contributed by atoms with E-state index in [0.29, 0.717) is 0 Å². The minimum atomic E-state index is -9.36. The molecule has 1 N–H and O–H groups in total. The molecule has 0 aromatic heterocycles. The lowest BCUT2D eigenvalue weighted by Crippen LogP contribution is -2.77. The third-order valence-corrected chi connectivity index (χ3v) is 6.33. The molecule has 0 spiro atoms. The first kappa shape index (κ1) is 37.0. The Morgan fingerprint density at radius 1 is 0.395 bits per heavy atom. The summed E-state index contributed by atoms with van der Waals surface area (Å²) in [6.07, 6.45) is -8.09. The molecule has 3 nitrogen and oxygen atoms in total. The average molecular weight is 683 g/mol. The highest BCUT2D eigenvalue weighted by molar-refractivity contribution is 7.87. The van der Waals surface area contributed by atoms with E-state index in [2.05, 4.69) is 23.2 Å². The van der Waals surface area contributed by atoms with Crippen molar-refractivity contribution in [3.05, 3.63) is 0 Å². The normalized spacial score (nSPS) is 17.2. The van der Waals surface area contributed by atoms with Crippen LogP contribution < -0.4 is 0 Å². The van der Waals surface area contributed by atoms with Crippen LogP contribution in [0.15, 0.2) is 0 Å². The van der Waals surface area contributed by atoms with Crippen molar-refractivity contribution in [2.45, 2.75) is 63.1 Å². The first-order valence-corrected chi connectivity index (χ1v) is 9.76. The maximum atomic E-state index is 13.8. The minimum Gasteiger partial charge on any atom is -0.281 e. The van der Waals surface area contributed by atoms with Gasteiger partial charge in [0.15, 0.2) is 0 Å². The van der Waals surface area contributed by atoms with Crippen LogP contribution >= 0.6 is 23.2 Å². The van der Waals surface area contributed by atoms with Gasteiger partial charge in [-0.3, -0.25) is 4.55 Å². The topological polar surface area (TPSA) is 54.4 Å². The predicted molar refractivity (Wildman–Crippen MR) is 76.6 cm³/mol. The fourth-order valence-corrected chi connectivity index (χ4v) is 3.18. The summed E-state index contributed by atoms with van der Waals surface area (Å²) in [5.74, 6) is -72.0. The van der Waals surface area contributed by atoms with Gasteiger partial charge in [0, 0.05) is 0 Å². The maximum Gasteiger partial charge on any atom is 0.460 e. The monoisotopic (exact) mass is 682 g/mol. The molecule has 0 amide bonds. The SMILES string of the molecule is O=S(=O)(O)C(F)(F)C(Cl)(Cl)C(F)(F)C(F)(F)C(F)(F)C(F)(F)C(F)(F)C(F)(F)C(F)(F)C(F)(F)C(F)(F)F. The molecule has 0 radical (unpaired) electrons.